The zero-order chi connectivity index (χ0) is 17.7. The van der Waals surface area contributed by atoms with Crippen molar-refractivity contribution < 1.29 is 13.2 Å². The van der Waals surface area contributed by atoms with E-state index in [2.05, 4.69) is 9.97 Å². The van der Waals surface area contributed by atoms with Crippen molar-refractivity contribution in [3.8, 4) is 17.1 Å². The van der Waals surface area contributed by atoms with Gasteiger partial charge in [-0.25, -0.2) is 8.42 Å². The predicted octanol–water partition coefficient (Wildman–Crippen LogP) is 3.17. The number of aromatic nitrogens is 2. The van der Waals surface area contributed by atoms with Crippen molar-refractivity contribution in [2.75, 3.05) is 12.9 Å². The number of ether oxygens (including phenoxy) is 1. The molecule has 1 aromatic carbocycles. The Morgan fingerprint density at radius 3 is 2.40 bits per heavy atom. The van der Waals surface area contributed by atoms with E-state index in [4.69, 9.17) is 4.74 Å². The smallest absolute Gasteiger partial charge is 0.178 e. The molecule has 0 aliphatic carbocycles. The highest BCUT2D eigenvalue weighted by atomic mass is 32.2. The van der Waals surface area contributed by atoms with Crippen LogP contribution in [0.5, 0.6) is 5.75 Å². The molecule has 0 aliphatic heterocycles. The van der Waals surface area contributed by atoms with E-state index in [-0.39, 0.29) is 5.75 Å². The van der Waals surface area contributed by atoms with Gasteiger partial charge in [0.05, 0.1) is 29.1 Å². The first kappa shape index (κ1) is 17.1. The van der Waals surface area contributed by atoms with Crippen LogP contribution in [0.1, 0.15) is 5.69 Å². The number of hydrogen-bond acceptors (Lipinski definition) is 5. The maximum absolute atomic E-state index is 12.4. The largest absolute Gasteiger partial charge is 0.497 e. The first-order valence-electron chi connectivity index (χ1n) is 7.83. The van der Waals surface area contributed by atoms with Crippen LogP contribution in [0.3, 0.4) is 0 Å². The lowest BCUT2D eigenvalue weighted by Crippen LogP contribution is -2.10. The number of sulfone groups is 1. The second-order valence-electron chi connectivity index (χ2n) is 5.48. The zero-order valence-corrected chi connectivity index (χ0v) is 14.6. The van der Waals surface area contributed by atoms with E-state index in [0.717, 1.165) is 0 Å². The lowest BCUT2D eigenvalue weighted by atomic mass is 10.2. The zero-order valence-electron chi connectivity index (χ0n) is 13.8. The van der Waals surface area contributed by atoms with Crippen molar-refractivity contribution in [2.45, 2.75) is 11.3 Å². The Labute approximate surface area is 147 Å². The van der Waals surface area contributed by atoms with E-state index in [0.29, 0.717) is 34.1 Å². The van der Waals surface area contributed by atoms with E-state index >= 15 is 0 Å². The minimum absolute atomic E-state index is 0.0150. The topological polar surface area (TPSA) is 69.2 Å². The lowest BCUT2D eigenvalue weighted by molar-refractivity contribution is 0.414. The van der Waals surface area contributed by atoms with Crippen LogP contribution in [0.2, 0.25) is 0 Å². The Bertz CT molecular complexity index is 943. The number of methoxy groups -OCH3 is 1. The van der Waals surface area contributed by atoms with E-state index in [1.54, 1.807) is 55.8 Å². The highest BCUT2D eigenvalue weighted by Gasteiger charge is 2.15. The van der Waals surface area contributed by atoms with E-state index < -0.39 is 9.84 Å². The van der Waals surface area contributed by atoms with Crippen LogP contribution < -0.4 is 4.74 Å². The number of nitrogens with zero attached hydrogens (tertiary/aromatic N) is 2. The van der Waals surface area contributed by atoms with Gasteiger partial charge in [0.2, 0.25) is 0 Å². The number of hydrogen-bond donors (Lipinski definition) is 0. The molecule has 0 saturated carbocycles. The summed E-state index contributed by atoms with van der Waals surface area (Å²) < 4.78 is 30.2. The molecule has 5 nitrogen and oxygen atoms in total. The fourth-order valence-corrected chi connectivity index (χ4v) is 3.72. The fraction of sp³-hybridized carbons (Fsp3) is 0.158. The maximum atomic E-state index is 12.4. The molecule has 25 heavy (non-hydrogen) atoms. The van der Waals surface area contributed by atoms with Gasteiger partial charge in [0.1, 0.15) is 5.75 Å². The van der Waals surface area contributed by atoms with Crippen LogP contribution in [0, 0.1) is 0 Å². The van der Waals surface area contributed by atoms with Gasteiger partial charge in [-0.05, 0) is 24.3 Å². The molecule has 0 spiro atoms. The average molecular weight is 354 g/mol. The van der Waals surface area contributed by atoms with Crippen molar-refractivity contribution in [1.29, 1.82) is 0 Å². The third-order valence-electron chi connectivity index (χ3n) is 3.74. The van der Waals surface area contributed by atoms with Crippen LogP contribution in [0.4, 0.5) is 0 Å². The summed E-state index contributed by atoms with van der Waals surface area (Å²) in [5.41, 5.74) is 2.03. The number of rotatable bonds is 6. The fourth-order valence-electron chi connectivity index (χ4n) is 2.44. The van der Waals surface area contributed by atoms with Crippen molar-refractivity contribution in [3.05, 3.63) is 72.6 Å². The molecule has 0 fully saturated rings. The molecule has 0 saturated heterocycles. The Balaban J connectivity index is 1.85. The lowest BCUT2D eigenvalue weighted by Gasteiger charge is -2.09. The Morgan fingerprint density at radius 2 is 1.72 bits per heavy atom. The molecule has 6 heteroatoms. The van der Waals surface area contributed by atoms with Crippen LogP contribution in [0.15, 0.2) is 71.8 Å². The highest BCUT2D eigenvalue weighted by Crippen LogP contribution is 2.22. The molecule has 0 atom stereocenters. The quantitative estimate of drug-likeness (QED) is 0.680. The average Bonchev–Trinajstić information content (AvgIpc) is 2.67. The second-order valence-corrected chi connectivity index (χ2v) is 7.59. The van der Waals surface area contributed by atoms with Crippen LogP contribution >= 0.6 is 0 Å². The molecular formula is C19H18N2O3S. The predicted molar refractivity (Wildman–Crippen MR) is 96.2 cm³/mol. The standard InChI is InChI=1S/C19H18N2O3S/c1-24-16-13-15(21-19(14-16)18-9-5-6-11-20-18)10-12-25(22,23)17-7-3-2-4-8-17/h2-9,11,13-14H,10,12H2,1H3. The Kier molecular flexibility index (Phi) is 5.09. The number of pyridine rings is 2. The third-order valence-corrected chi connectivity index (χ3v) is 5.48. The summed E-state index contributed by atoms with van der Waals surface area (Å²) in [4.78, 5) is 9.15. The summed E-state index contributed by atoms with van der Waals surface area (Å²) in [6.07, 6.45) is 1.99. The molecule has 0 amide bonds. The monoisotopic (exact) mass is 354 g/mol. The maximum Gasteiger partial charge on any atom is 0.178 e. The highest BCUT2D eigenvalue weighted by molar-refractivity contribution is 7.91. The molecule has 2 heterocycles. The molecule has 3 rings (SSSR count). The minimum Gasteiger partial charge on any atom is -0.497 e. The SMILES string of the molecule is COc1cc(CCS(=O)(=O)c2ccccc2)nc(-c2ccccn2)c1. The minimum atomic E-state index is -3.35. The van der Waals surface area contributed by atoms with Gasteiger partial charge in [-0.15, -0.1) is 0 Å². The van der Waals surface area contributed by atoms with Gasteiger partial charge < -0.3 is 4.74 Å². The molecule has 0 bridgehead atoms. The van der Waals surface area contributed by atoms with Crippen molar-refractivity contribution in [3.63, 3.8) is 0 Å². The van der Waals surface area contributed by atoms with Gasteiger partial charge in [0.25, 0.3) is 0 Å². The van der Waals surface area contributed by atoms with Crippen molar-refractivity contribution in [1.82, 2.24) is 9.97 Å². The molecule has 3 aromatic rings. The van der Waals surface area contributed by atoms with E-state index in [9.17, 15) is 8.42 Å². The molecule has 128 valence electrons. The summed E-state index contributed by atoms with van der Waals surface area (Å²) in [6.45, 7) is 0. The van der Waals surface area contributed by atoms with Gasteiger partial charge in [0, 0.05) is 30.4 Å². The first-order chi connectivity index (χ1) is 12.1. The molecule has 0 unspecified atom stereocenters. The van der Waals surface area contributed by atoms with E-state index in [1.807, 2.05) is 18.2 Å². The Hall–Kier alpha value is -2.73. The molecule has 0 N–H and O–H groups in total. The molecule has 0 radical (unpaired) electrons. The van der Waals surface area contributed by atoms with Crippen LogP contribution in [-0.2, 0) is 16.3 Å². The van der Waals surface area contributed by atoms with Gasteiger partial charge in [-0.2, -0.15) is 0 Å². The van der Waals surface area contributed by atoms with Gasteiger partial charge in [0.15, 0.2) is 9.84 Å². The van der Waals surface area contributed by atoms with Gasteiger partial charge in [-0.1, -0.05) is 24.3 Å². The van der Waals surface area contributed by atoms with Gasteiger partial charge in [-0.3, -0.25) is 9.97 Å². The Morgan fingerprint density at radius 1 is 0.960 bits per heavy atom. The molecular weight excluding hydrogens is 336 g/mol. The van der Waals surface area contributed by atoms with Gasteiger partial charge >= 0.3 is 0 Å². The number of benzene rings is 1. The van der Waals surface area contributed by atoms with Crippen LogP contribution in [-0.4, -0.2) is 31.2 Å². The summed E-state index contributed by atoms with van der Waals surface area (Å²) in [6, 6.07) is 17.5. The van der Waals surface area contributed by atoms with E-state index in [1.165, 1.54) is 0 Å². The third kappa shape index (κ3) is 4.22. The summed E-state index contributed by atoms with van der Waals surface area (Å²) in [5.74, 6) is 0.613. The summed E-state index contributed by atoms with van der Waals surface area (Å²) in [7, 11) is -1.78. The first-order valence-corrected chi connectivity index (χ1v) is 9.48. The second kappa shape index (κ2) is 7.44. The molecule has 2 aromatic heterocycles. The summed E-state index contributed by atoms with van der Waals surface area (Å²) >= 11 is 0. The van der Waals surface area contributed by atoms with Crippen molar-refractivity contribution >= 4 is 9.84 Å². The van der Waals surface area contributed by atoms with Crippen molar-refractivity contribution in [2.24, 2.45) is 0 Å². The molecule has 0 aliphatic rings. The normalized spacial score (nSPS) is 11.2. The number of aryl methyl sites for hydroxylation is 1. The summed E-state index contributed by atoms with van der Waals surface area (Å²) in [5, 5.41) is 0. The van der Waals surface area contributed by atoms with Crippen LogP contribution in [0.25, 0.3) is 11.4 Å².